The van der Waals surface area contributed by atoms with Crippen LogP contribution in [0, 0.1) is 0 Å². The van der Waals surface area contributed by atoms with Crippen LogP contribution < -0.4 is 9.04 Å². The maximum atomic E-state index is 13.3. The third kappa shape index (κ3) is 8.65. The zero-order valence-electron chi connectivity index (χ0n) is 23.4. The molecule has 0 spiro atoms. The maximum absolute atomic E-state index is 13.3. The molecule has 0 aliphatic rings. The average molecular weight is 565 g/mol. The summed E-state index contributed by atoms with van der Waals surface area (Å²) in [5, 5.41) is 0.788. The van der Waals surface area contributed by atoms with Crippen molar-refractivity contribution in [2.24, 2.45) is 0 Å². The number of hydrogen-bond acceptors (Lipinski definition) is 5. The van der Waals surface area contributed by atoms with E-state index in [9.17, 15) is 8.42 Å². The number of unbranched alkanes of at least 4 members (excludes halogenated alkanes) is 3. The second-order valence-corrected chi connectivity index (χ2v) is 11.6. The van der Waals surface area contributed by atoms with E-state index in [1.165, 1.54) is 36.2 Å². The van der Waals surface area contributed by atoms with Gasteiger partial charge < -0.3 is 14.1 Å². The molecule has 0 atom stereocenters. The highest BCUT2D eigenvalue weighted by molar-refractivity contribution is 7.92. The smallest absolute Gasteiger partial charge is 0.236 e. The van der Waals surface area contributed by atoms with E-state index in [0.717, 1.165) is 44.3 Å². The van der Waals surface area contributed by atoms with Gasteiger partial charge >= 0.3 is 0 Å². The lowest BCUT2D eigenvalue weighted by Gasteiger charge is -2.25. The largest absolute Gasteiger partial charge is 0.491 e. The molecule has 0 saturated carbocycles. The number of para-hydroxylation sites is 3. The predicted molar refractivity (Wildman–Crippen MR) is 162 cm³/mol. The highest BCUT2D eigenvalue weighted by Crippen LogP contribution is 2.43. The fourth-order valence-electron chi connectivity index (χ4n) is 4.59. The second-order valence-electron chi connectivity index (χ2n) is 9.72. The van der Waals surface area contributed by atoms with Crippen molar-refractivity contribution >= 4 is 44.8 Å². The van der Waals surface area contributed by atoms with Crippen LogP contribution >= 0.6 is 12.4 Å². The summed E-state index contributed by atoms with van der Waals surface area (Å²) in [6, 6.07) is 15.0. The van der Waals surface area contributed by atoms with Crippen molar-refractivity contribution in [1.82, 2.24) is 4.90 Å². The average Bonchev–Trinajstić information content (AvgIpc) is 3.24. The molecule has 0 N–H and O–H groups in total. The zero-order chi connectivity index (χ0) is 26.7. The molecule has 0 radical (unpaired) electrons. The van der Waals surface area contributed by atoms with Gasteiger partial charge in [-0.05, 0) is 63.0 Å². The van der Waals surface area contributed by atoms with Gasteiger partial charge in [0.05, 0.1) is 18.6 Å². The molecular weight excluding hydrogens is 520 g/mol. The molecule has 212 valence electrons. The highest BCUT2D eigenvalue weighted by atomic mass is 35.5. The summed E-state index contributed by atoms with van der Waals surface area (Å²) in [7, 11) is -3.68. The van der Waals surface area contributed by atoms with E-state index in [4.69, 9.17) is 9.15 Å². The molecule has 8 heteroatoms. The van der Waals surface area contributed by atoms with Crippen LogP contribution in [0.3, 0.4) is 0 Å². The minimum atomic E-state index is -3.68. The van der Waals surface area contributed by atoms with E-state index in [1.807, 2.05) is 48.5 Å². The van der Waals surface area contributed by atoms with Gasteiger partial charge in [-0.1, -0.05) is 64.3 Å². The number of aryl methyl sites for hydroxylation is 1. The molecule has 38 heavy (non-hydrogen) atoms. The highest BCUT2D eigenvalue weighted by Gasteiger charge is 2.30. The fraction of sp³-hybridized carbons (Fsp3) is 0.533. The summed E-state index contributed by atoms with van der Waals surface area (Å²) in [5.74, 6) is 1.25. The van der Waals surface area contributed by atoms with Crippen LogP contribution in [0.25, 0.3) is 11.0 Å². The first-order valence-electron chi connectivity index (χ1n) is 13.9. The van der Waals surface area contributed by atoms with Gasteiger partial charge in [0.15, 0.2) is 0 Å². The van der Waals surface area contributed by atoms with Crippen molar-refractivity contribution in [3.8, 4) is 5.75 Å². The standard InChI is InChI=1S/C30H44N2O4S.ClH/c1-5-8-18-29-30(25-16-11-13-19-27(25)36-29)32(37(4,33)34)26-17-12-14-20-28(26)35-24-15-23-31(21-9-6-2)22-10-7-3;/h11-14,16-17,19-20H,5-10,15,18,21-24H2,1-4H3;1H. The summed E-state index contributed by atoms with van der Waals surface area (Å²) < 4.78 is 40.4. The first-order chi connectivity index (χ1) is 17.9. The Kier molecular flexibility index (Phi) is 13.5. The van der Waals surface area contributed by atoms with Crippen LogP contribution in [0.5, 0.6) is 5.75 Å². The first-order valence-corrected chi connectivity index (χ1v) is 15.7. The number of furan rings is 1. The number of benzene rings is 2. The van der Waals surface area contributed by atoms with Gasteiger partial charge in [-0.3, -0.25) is 0 Å². The van der Waals surface area contributed by atoms with Gasteiger partial charge in [-0.25, -0.2) is 12.7 Å². The van der Waals surface area contributed by atoms with Crippen LogP contribution in [0.2, 0.25) is 0 Å². The van der Waals surface area contributed by atoms with Crippen molar-refractivity contribution in [2.75, 3.05) is 36.8 Å². The van der Waals surface area contributed by atoms with Crippen molar-refractivity contribution in [3.63, 3.8) is 0 Å². The molecule has 0 unspecified atom stereocenters. The number of ether oxygens (including phenoxy) is 1. The van der Waals surface area contributed by atoms with Crippen molar-refractivity contribution in [3.05, 3.63) is 54.3 Å². The summed E-state index contributed by atoms with van der Waals surface area (Å²) >= 11 is 0. The molecule has 0 saturated heterocycles. The normalized spacial score (nSPS) is 11.6. The van der Waals surface area contributed by atoms with E-state index in [1.54, 1.807) is 0 Å². The van der Waals surface area contributed by atoms with E-state index in [2.05, 4.69) is 25.7 Å². The Morgan fingerprint density at radius 2 is 1.42 bits per heavy atom. The molecule has 2 aromatic carbocycles. The van der Waals surface area contributed by atoms with Crippen LogP contribution in [0.1, 0.15) is 71.5 Å². The molecule has 1 aromatic heterocycles. The molecule has 0 fully saturated rings. The third-order valence-electron chi connectivity index (χ3n) is 6.55. The number of anilines is 2. The maximum Gasteiger partial charge on any atom is 0.236 e. The second kappa shape index (κ2) is 16.0. The van der Waals surface area contributed by atoms with Crippen LogP contribution in [0.4, 0.5) is 11.4 Å². The number of fused-ring (bicyclic) bond motifs is 1. The number of sulfonamides is 1. The van der Waals surface area contributed by atoms with Gasteiger partial charge in [0.25, 0.3) is 0 Å². The van der Waals surface area contributed by atoms with E-state index in [0.29, 0.717) is 41.5 Å². The summed E-state index contributed by atoms with van der Waals surface area (Å²) in [4.78, 5) is 2.52. The Balaban J connectivity index is 0.00000507. The lowest BCUT2D eigenvalue weighted by Crippen LogP contribution is -2.28. The van der Waals surface area contributed by atoms with Crippen molar-refractivity contribution in [1.29, 1.82) is 0 Å². The Labute approximate surface area is 235 Å². The lowest BCUT2D eigenvalue weighted by atomic mass is 10.1. The molecule has 3 rings (SSSR count). The summed E-state index contributed by atoms with van der Waals surface area (Å²) in [5.41, 5.74) is 1.80. The van der Waals surface area contributed by atoms with Gasteiger partial charge in [0.2, 0.25) is 10.0 Å². The monoisotopic (exact) mass is 564 g/mol. The molecule has 0 aliphatic heterocycles. The van der Waals surface area contributed by atoms with Gasteiger partial charge in [-0.2, -0.15) is 0 Å². The topological polar surface area (TPSA) is 63.0 Å². The molecular formula is C30H45ClN2O4S. The zero-order valence-corrected chi connectivity index (χ0v) is 25.1. The number of halogens is 1. The Bertz CT molecular complexity index is 1200. The van der Waals surface area contributed by atoms with Crippen LogP contribution in [-0.2, 0) is 16.4 Å². The minimum Gasteiger partial charge on any atom is -0.491 e. The Morgan fingerprint density at radius 3 is 2.08 bits per heavy atom. The van der Waals surface area contributed by atoms with Gasteiger partial charge in [0, 0.05) is 18.4 Å². The molecule has 1 heterocycles. The van der Waals surface area contributed by atoms with Gasteiger partial charge in [0.1, 0.15) is 22.8 Å². The number of nitrogens with zero attached hydrogens (tertiary/aromatic N) is 2. The summed E-state index contributed by atoms with van der Waals surface area (Å²) in [6.07, 6.45) is 9.49. The van der Waals surface area contributed by atoms with Crippen LogP contribution in [-0.4, -0.2) is 45.8 Å². The van der Waals surface area contributed by atoms with E-state index in [-0.39, 0.29) is 12.4 Å². The molecule has 0 amide bonds. The lowest BCUT2D eigenvalue weighted by molar-refractivity contribution is 0.229. The SMILES string of the molecule is CCCCc1oc2ccccc2c1N(c1ccccc1OCCCN(CCCC)CCCC)S(C)(=O)=O.Cl. The number of hydrogen-bond donors (Lipinski definition) is 0. The van der Waals surface area contributed by atoms with Crippen LogP contribution in [0.15, 0.2) is 52.9 Å². The van der Waals surface area contributed by atoms with Crippen molar-refractivity contribution in [2.45, 2.75) is 72.1 Å². The molecule has 0 aliphatic carbocycles. The third-order valence-corrected chi connectivity index (χ3v) is 7.59. The fourth-order valence-corrected chi connectivity index (χ4v) is 5.63. The Hall–Kier alpha value is -2.22. The van der Waals surface area contributed by atoms with Gasteiger partial charge in [-0.15, -0.1) is 12.4 Å². The molecule has 0 bridgehead atoms. The van der Waals surface area contributed by atoms with E-state index < -0.39 is 10.0 Å². The van der Waals surface area contributed by atoms with Crippen molar-refractivity contribution < 1.29 is 17.6 Å². The quantitative estimate of drug-likeness (QED) is 0.156. The summed E-state index contributed by atoms with van der Waals surface area (Å²) in [6.45, 7) is 10.3. The minimum absolute atomic E-state index is 0. The predicted octanol–water partition coefficient (Wildman–Crippen LogP) is 7.97. The van der Waals surface area contributed by atoms with E-state index >= 15 is 0 Å². The molecule has 6 nitrogen and oxygen atoms in total. The first kappa shape index (κ1) is 32.0. The molecule has 3 aromatic rings. The number of rotatable bonds is 17. The Morgan fingerprint density at radius 1 is 0.816 bits per heavy atom.